The Labute approximate surface area is 319 Å². The lowest BCUT2D eigenvalue weighted by Gasteiger charge is -2.34. The lowest BCUT2D eigenvalue weighted by atomic mass is 9.67. The molecule has 0 amide bonds. The second kappa shape index (κ2) is 11.5. The molecular formula is C55H34. The first-order valence-corrected chi connectivity index (χ1v) is 19.3. The summed E-state index contributed by atoms with van der Waals surface area (Å²) in [5.41, 5.74) is 12.5. The molecule has 0 aromatic heterocycles. The Morgan fingerprint density at radius 2 is 0.727 bits per heavy atom. The van der Waals surface area contributed by atoms with Crippen molar-refractivity contribution in [1.82, 2.24) is 0 Å². The third kappa shape index (κ3) is 4.17. The summed E-state index contributed by atoms with van der Waals surface area (Å²) in [7, 11) is 0. The van der Waals surface area contributed by atoms with E-state index in [-0.39, 0.29) is 0 Å². The molecule has 0 heterocycles. The molecule has 0 unspecified atom stereocenters. The van der Waals surface area contributed by atoms with Crippen molar-refractivity contribution in [2.45, 2.75) is 5.41 Å². The van der Waals surface area contributed by atoms with Crippen molar-refractivity contribution < 1.29 is 0 Å². The first kappa shape index (κ1) is 30.4. The minimum Gasteiger partial charge on any atom is -0.0622 e. The Morgan fingerprint density at radius 1 is 0.236 bits per heavy atom. The Morgan fingerprint density at radius 3 is 1.40 bits per heavy atom. The van der Waals surface area contributed by atoms with Crippen LogP contribution in [0, 0.1) is 0 Å². The maximum atomic E-state index is 2.49. The molecule has 11 aromatic rings. The zero-order valence-electron chi connectivity index (χ0n) is 30.1. The molecule has 1 aliphatic carbocycles. The van der Waals surface area contributed by atoms with Gasteiger partial charge in [-0.25, -0.2) is 0 Å². The third-order valence-corrected chi connectivity index (χ3v) is 12.5. The Kier molecular flexibility index (Phi) is 6.36. The zero-order chi connectivity index (χ0) is 36.1. The molecule has 0 radical (unpaired) electrons. The van der Waals surface area contributed by atoms with Gasteiger partial charge in [0.2, 0.25) is 0 Å². The van der Waals surface area contributed by atoms with Crippen LogP contribution < -0.4 is 0 Å². The van der Waals surface area contributed by atoms with Crippen LogP contribution in [-0.4, -0.2) is 0 Å². The SMILES string of the molecule is c1ccc(C2(c3ccccc3)c3ccccc3-c3cc4c(-c5ccc6ccc7c(-c8cccc9ccccc89)ccc8ccc5c6c87)cccc4cc32)cc1. The molecule has 0 nitrogen and oxygen atoms in total. The molecule has 0 heteroatoms. The van der Waals surface area contributed by atoms with Crippen LogP contribution >= 0.6 is 0 Å². The molecule has 0 saturated carbocycles. The van der Waals surface area contributed by atoms with Crippen LogP contribution in [0.25, 0.3) is 87.2 Å². The molecule has 0 fully saturated rings. The summed E-state index contributed by atoms with van der Waals surface area (Å²) in [4.78, 5) is 0. The highest BCUT2D eigenvalue weighted by Gasteiger charge is 2.46. The summed E-state index contributed by atoms with van der Waals surface area (Å²) in [6.07, 6.45) is 0. The topological polar surface area (TPSA) is 0 Å². The number of fused-ring (bicyclic) bond motifs is 5. The van der Waals surface area contributed by atoms with Crippen LogP contribution in [0.15, 0.2) is 206 Å². The van der Waals surface area contributed by atoms with E-state index in [4.69, 9.17) is 0 Å². The Bertz CT molecular complexity index is 3250. The van der Waals surface area contributed by atoms with Crippen LogP contribution in [0.5, 0.6) is 0 Å². The van der Waals surface area contributed by atoms with Crippen molar-refractivity contribution in [2.24, 2.45) is 0 Å². The predicted octanol–water partition coefficient (Wildman–Crippen LogP) is 14.6. The highest BCUT2D eigenvalue weighted by atomic mass is 14.5. The quantitative estimate of drug-likeness (QED) is 0.161. The Hall–Kier alpha value is -7.02. The zero-order valence-corrected chi connectivity index (χ0v) is 30.1. The highest BCUT2D eigenvalue weighted by Crippen LogP contribution is 2.57. The van der Waals surface area contributed by atoms with E-state index in [9.17, 15) is 0 Å². The molecule has 0 atom stereocenters. The van der Waals surface area contributed by atoms with Gasteiger partial charge in [0.25, 0.3) is 0 Å². The fourth-order valence-corrected chi connectivity index (χ4v) is 10.2. The minimum absolute atomic E-state index is 0.423. The summed E-state index contributed by atoms with van der Waals surface area (Å²) in [5.74, 6) is 0. The van der Waals surface area contributed by atoms with Crippen molar-refractivity contribution in [3.63, 3.8) is 0 Å². The summed E-state index contributed by atoms with van der Waals surface area (Å²) in [5, 5.41) is 12.9. The maximum absolute atomic E-state index is 2.49. The average Bonchev–Trinajstić information content (AvgIpc) is 3.55. The Balaban J connectivity index is 1.12. The highest BCUT2D eigenvalue weighted by molar-refractivity contribution is 6.28. The number of hydrogen-bond donors (Lipinski definition) is 0. The molecule has 0 N–H and O–H groups in total. The van der Waals surface area contributed by atoms with E-state index in [1.54, 1.807) is 0 Å². The van der Waals surface area contributed by atoms with Gasteiger partial charge in [-0.3, -0.25) is 0 Å². The van der Waals surface area contributed by atoms with E-state index >= 15 is 0 Å². The van der Waals surface area contributed by atoms with Gasteiger partial charge in [-0.2, -0.15) is 0 Å². The van der Waals surface area contributed by atoms with Gasteiger partial charge in [0, 0.05) is 0 Å². The van der Waals surface area contributed by atoms with E-state index in [0.29, 0.717) is 0 Å². The van der Waals surface area contributed by atoms with Crippen molar-refractivity contribution in [3.05, 3.63) is 229 Å². The smallest absolute Gasteiger partial charge is 0.0622 e. The largest absolute Gasteiger partial charge is 0.0713 e. The van der Waals surface area contributed by atoms with Crippen LogP contribution in [0.1, 0.15) is 22.3 Å². The normalized spacial score (nSPS) is 13.2. The summed E-state index contributed by atoms with van der Waals surface area (Å²) in [6.45, 7) is 0. The second-order valence-corrected chi connectivity index (χ2v) is 15.1. The molecule has 0 saturated heterocycles. The lowest BCUT2D eigenvalue weighted by Crippen LogP contribution is -2.28. The summed E-state index contributed by atoms with van der Waals surface area (Å²) < 4.78 is 0. The van der Waals surface area contributed by atoms with Gasteiger partial charge < -0.3 is 0 Å². The minimum atomic E-state index is -0.423. The fraction of sp³-hybridized carbons (Fsp3) is 0.0182. The fourth-order valence-electron chi connectivity index (χ4n) is 10.2. The molecule has 0 aliphatic heterocycles. The standard InChI is InChI=1S/C55H34/c1-3-16-39(17-4-1)55(40-18-5-2-6-19-40)51-24-10-9-21-46(51)50-34-49-38(33-52(50)55)15-12-23-43(49)45-30-26-37-27-31-47-44(29-25-36-28-32-48(45)54(37)53(36)47)42-22-11-14-35-13-7-8-20-41(35)42/h1-34H. The number of benzene rings is 11. The van der Waals surface area contributed by atoms with Gasteiger partial charge in [0.15, 0.2) is 0 Å². The van der Waals surface area contributed by atoms with Crippen molar-refractivity contribution in [1.29, 1.82) is 0 Å². The molecule has 11 aromatic carbocycles. The van der Waals surface area contributed by atoms with E-state index in [2.05, 4.69) is 206 Å². The van der Waals surface area contributed by atoms with Crippen LogP contribution in [0.3, 0.4) is 0 Å². The average molecular weight is 695 g/mol. The van der Waals surface area contributed by atoms with Crippen molar-refractivity contribution in [2.75, 3.05) is 0 Å². The number of rotatable bonds is 4. The molecule has 254 valence electrons. The van der Waals surface area contributed by atoms with Gasteiger partial charge in [-0.05, 0) is 122 Å². The molecule has 55 heavy (non-hydrogen) atoms. The predicted molar refractivity (Wildman–Crippen MR) is 233 cm³/mol. The molecule has 12 rings (SSSR count). The third-order valence-electron chi connectivity index (χ3n) is 12.5. The van der Waals surface area contributed by atoms with Gasteiger partial charge in [0.05, 0.1) is 5.41 Å². The molecule has 1 aliphatic rings. The maximum Gasteiger partial charge on any atom is 0.0713 e. The van der Waals surface area contributed by atoms with Crippen LogP contribution in [0.4, 0.5) is 0 Å². The molecular weight excluding hydrogens is 661 g/mol. The van der Waals surface area contributed by atoms with E-state index in [1.165, 1.54) is 109 Å². The van der Waals surface area contributed by atoms with Gasteiger partial charge >= 0.3 is 0 Å². The first-order chi connectivity index (χ1) is 27.3. The van der Waals surface area contributed by atoms with Gasteiger partial charge in [0.1, 0.15) is 0 Å². The lowest BCUT2D eigenvalue weighted by molar-refractivity contribution is 0.769. The molecule has 0 bridgehead atoms. The molecule has 0 spiro atoms. The van der Waals surface area contributed by atoms with E-state index < -0.39 is 5.41 Å². The number of hydrogen-bond acceptors (Lipinski definition) is 0. The van der Waals surface area contributed by atoms with E-state index in [0.717, 1.165) is 0 Å². The summed E-state index contributed by atoms with van der Waals surface area (Å²) in [6, 6.07) is 77.1. The van der Waals surface area contributed by atoms with Crippen LogP contribution in [-0.2, 0) is 5.41 Å². The van der Waals surface area contributed by atoms with Gasteiger partial charge in [-0.1, -0.05) is 194 Å². The van der Waals surface area contributed by atoms with Crippen LogP contribution in [0.2, 0.25) is 0 Å². The van der Waals surface area contributed by atoms with Crippen molar-refractivity contribution >= 4 is 53.9 Å². The van der Waals surface area contributed by atoms with E-state index in [1.807, 2.05) is 0 Å². The monoisotopic (exact) mass is 694 g/mol. The summed E-state index contributed by atoms with van der Waals surface area (Å²) >= 11 is 0. The first-order valence-electron chi connectivity index (χ1n) is 19.3. The van der Waals surface area contributed by atoms with Gasteiger partial charge in [-0.15, -0.1) is 0 Å². The second-order valence-electron chi connectivity index (χ2n) is 15.1. The van der Waals surface area contributed by atoms with Crippen molar-refractivity contribution in [3.8, 4) is 33.4 Å².